The summed E-state index contributed by atoms with van der Waals surface area (Å²) in [7, 11) is 0.621. The lowest BCUT2D eigenvalue weighted by molar-refractivity contribution is 0.0101. The Morgan fingerprint density at radius 1 is 0.690 bits per heavy atom. The van der Waals surface area contributed by atoms with Gasteiger partial charge in [0.05, 0.1) is 6.61 Å². The van der Waals surface area contributed by atoms with Gasteiger partial charge in [-0.1, -0.05) is 114 Å². The monoisotopic (exact) mass is 444 g/mol. The molecule has 0 radical (unpaired) electrons. The Kier molecular flexibility index (Phi) is 7.93. The Morgan fingerprint density at radius 3 is 1.48 bits per heavy atom. The van der Waals surface area contributed by atoms with Crippen molar-refractivity contribution < 1.29 is 9.16 Å². The van der Waals surface area contributed by atoms with Gasteiger partial charge in [0.1, 0.15) is 20.4 Å². The molecule has 0 heterocycles. The summed E-state index contributed by atoms with van der Waals surface area (Å²) in [5.74, 6) is 0. The Hall–Kier alpha value is -1.62. The number of hydrogen-bond acceptors (Lipinski definition) is 2. The maximum atomic E-state index is 6.71. The van der Waals surface area contributed by atoms with Gasteiger partial charge in [0.2, 0.25) is 0 Å². The molecule has 0 aliphatic heterocycles. The van der Waals surface area contributed by atoms with Gasteiger partial charge < -0.3 is 9.16 Å². The molecule has 3 aromatic rings. The van der Waals surface area contributed by atoms with Crippen molar-refractivity contribution in [2.75, 3.05) is 13.2 Å². The number of benzene rings is 3. The average molecular weight is 445 g/mol. The molecule has 29 heavy (non-hydrogen) atoms. The van der Waals surface area contributed by atoms with E-state index in [0.29, 0.717) is 30.1 Å². The van der Waals surface area contributed by atoms with Crippen molar-refractivity contribution in [2.45, 2.75) is 22.8 Å². The van der Waals surface area contributed by atoms with Crippen LogP contribution in [-0.2, 0) is 14.8 Å². The second-order valence-corrected chi connectivity index (χ2v) is 9.24. The highest BCUT2D eigenvalue weighted by atomic mass is 35.5. The van der Waals surface area contributed by atoms with Gasteiger partial charge in [-0.2, -0.15) is 0 Å². The van der Waals surface area contributed by atoms with Crippen LogP contribution in [0.2, 0.25) is 0 Å². The average Bonchev–Trinajstić information content (AvgIpc) is 2.76. The number of rotatable bonds is 10. The van der Waals surface area contributed by atoms with Crippen LogP contribution >= 0.6 is 23.2 Å². The van der Waals surface area contributed by atoms with E-state index in [2.05, 4.69) is 36.4 Å². The van der Waals surface area contributed by atoms with Crippen LogP contribution in [0.1, 0.15) is 29.5 Å². The van der Waals surface area contributed by atoms with Gasteiger partial charge in [-0.05, 0) is 29.5 Å². The van der Waals surface area contributed by atoms with E-state index < -0.39 is 9.93 Å². The highest BCUT2D eigenvalue weighted by Gasteiger charge is 2.37. The SMILES string of the molecule is [SiH3]OCC(Cl)(Cl)CCCOC(c1ccccc1)(c1ccccc1)c1ccccc1. The summed E-state index contributed by atoms with van der Waals surface area (Å²) < 4.78 is 11.1. The number of hydrogen-bond donors (Lipinski definition) is 0. The zero-order chi connectivity index (χ0) is 20.6. The normalized spacial score (nSPS) is 12.2. The molecule has 0 aromatic heterocycles. The zero-order valence-corrected chi connectivity index (χ0v) is 20.1. The molecule has 3 aromatic carbocycles. The number of ether oxygens (including phenoxy) is 1. The molecule has 0 saturated heterocycles. The summed E-state index contributed by atoms with van der Waals surface area (Å²) >= 11 is 12.7. The molecule has 0 fully saturated rings. The summed E-state index contributed by atoms with van der Waals surface area (Å²) in [5.41, 5.74) is 2.55. The van der Waals surface area contributed by atoms with Crippen LogP contribution in [0.4, 0.5) is 0 Å². The molecular formula is C24H26Cl2O2Si. The van der Waals surface area contributed by atoms with E-state index >= 15 is 0 Å². The van der Waals surface area contributed by atoms with E-state index in [1.54, 1.807) is 0 Å². The minimum Gasteiger partial charge on any atom is -0.425 e. The molecule has 0 bridgehead atoms. The highest BCUT2D eigenvalue weighted by Crippen LogP contribution is 2.40. The van der Waals surface area contributed by atoms with E-state index in [9.17, 15) is 0 Å². The molecule has 0 atom stereocenters. The van der Waals surface area contributed by atoms with Gasteiger partial charge in [-0.3, -0.25) is 0 Å². The Balaban J connectivity index is 1.97. The van der Waals surface area contributed by atoms with Gasteiger partial charge in [0.25, 0.3) is 0 Å². The van der Waals surface area contributed by atoms with Crippen molar-refractivity contribution in [3.05, 3.63) is 108 Å². The molecule has 0 aliphatic carbocycles. The first-order valence-corrected chi connectivity index (χ1v) is 11.3. The fraction of sp³-hybridized carbons (Fsp3) is 0.250. The topological polar surface area (TPSA) is 18.5 Å². The third-order valence-corrected chi connectivity index (χ3v) is 5.79. The Labute approximate surface area is 186 Å². The third-order valence-electron chi connectivity index (χ3n) is 4.90. The minimum atomic E-state index is -0.875. The molecule has 152 valence electrons. The quantitative estimate of drug-likeness (QED) is 0.184. The fourth-order valence-corrected chi connectivity index (χ4v) is 4.95. The molecule has 3 rings (SSSR count). The van der Waals surface area contributed by atoms with Crippen molar-refractivity contribution in [1.29, 1.82) is 0 Å². The molecule has 5 heteroatoms. The van der Waals surface area contributed by atoms with E-state index in [1.165, 1.54) is 0 Å². The van der Waals surface area contributed by atoms with E-state index in [0.717, 1.165) is 23.1 Å². The van der Waals surface area contributed by atoms with Crippen molar-refractivity contribution >= 4 is 33.7 Å². The molecule has 0 unspecified atom stereocenters. The van der Waals surface area contributed by atoms with E-state index in [-0.39, 0.29) is 0 Å². The predicted molar refractivity (Wildman–Crippen MR) is 125 cm³/mol. The minimum absolute atomic E-state index is 0.351. The van der Waals surface area contributed by atoms with Crippen LogP contribution in [0.3, 0.4) is 0 Å². The molecular weight excluding hydrogens is 419 g/mol. The second kappa shape index (κ2) is 10.4. The van der Waals surface area contributed by atoms with Crippen LogP contribution < -0.4 is 0 Å². The summed E-state index contributed by atoms with van der Waals surface area (Å²) in [6, 6.07) is 31.0. The molecule has 0 amide bonds. The summed E-state index contributed by atoms with van der Waals surface area (Å²) in [6.07, 6.45) is 1.33. The van der Waals surface area contributed by atoms with E-state index in [1.807, 2.05) is 54.6 Å². The Morgan fingerprint density at radius 2 is 1.10 bits per heavy atom. The van der Waals surface area contributed by atoms with Gasteiger partial charge in [-0.15, -0.1) is 0 Å². The molecule has 0 spiro atoms. The molecule has 0 N–H and O–H groups in total. The third kappa shape index (κ3) is 5.50. The first-order valence-electron chi connectivity index (χ1n) is 9.76. The van der Waals surface area contributed by atoms with Crippen LogP contribution in [0.15, 0.2) is 91.0 Å². The number of alkyl halides is 2. The van der Waals surface area contributed by atoms with Crippen molar-refractivity contribution in [3.63, 3.8) is 0 Å². The zero-order valence-electron chi connectivity index (χ0n) is 16.6. The maximum absolute atomic E-state index is 6.71. The van der Waals surface area contributed by atoms with Gasteiger partial charge in [0, 0.05) is 6.61 Å². The van der Waals surface area contributed by atoms with Gasteiger partial charge in [-0.25, -0.2) is 0 Å². The number of halogens is 2. The smallest absolute Gasteiger partial charge is 0.146 e. The van der Waals surface area contributed by atoms with Crippen molar-refractivity contribution in [3.8, 4) is 0 Å². The van der Waals surface area contributed by atoms with Crippen LogP contribution in [-0.4, -0.2) is 28.0 Å². The Bertz CT molecular complexity index is 761. The molecule has 2 nitrogen and oxygen atoms in total. The first-order chi connectivity index (χ1) is 14.1. The predicted octanol–water partition coefficient (Wildman–Crippen LogP) is 5.25. The molecule has 0 saturated carbocycles. The standard InChI is InChI=1S/C24H26Cl2O2Si/c25-23(26,19-28-29)17-10-18-27-24(20-11-4-1-5-12-20,21-13-6-2-7-14-21)22-15-8-3-9-16-22/h1-9,11-16H,10,17-19H2,29H3. The highest BCUT2D eigenvalue weighted by molar-refractivity contribution is 6.48. The lowest BCUT2D eigenvalue weighted by atomic mass is 9.80. The van der Waals surface area contributed by atoms with Gasteiger partial charge >= 0.3 is 0 Å². The summed E-state index contributed by atoms with van der Waals surface area (Å²) in [5, 5.41) is 0. The largest absolute Gasteiger partial charge is 0.425 e. The van der Waals surface area contributed by atoms with E-state index in [4.69, 9.17) is 32.4 Å². The lowest BCUT2D eigenvalue weighted by Crippen LogP contribution is -2.33. The molecule has 0 aliphatic rings. The van der Waals surface area contributed by atoms with Crippen LogP contribution in [0.5, 0.6) is 0 Å². The first kappa shape index (κ1) is 22.1. The second-order valence-electron chi connectivity index (χ2n) is 7.02. The van der Waals surface area contributed by atoms with Gasteiger partial charge in [0.15, 0.2) is 0 Å². The van der Waals surface area contributed by atoms with Crippen molar-refractivity contribution in [1.82, 2.24) is 0 Å². The fourth-order valence-electron chi connectivity index (χ4n) is 3.61. The summed E-state index contributed by atoms with van der Waals surface area (Å²) in [6.45, 7) is 0.866. The summed E-state index contributed by atoms with van der Waals surface area (Å²) in [4.78, 5) is 0. The maximum Gasteiger partial charge on any atom is 0.146 e. The van der Waals surface area contributed by atoms with Crippen LogP contribution in [0.25, 0.3) is 0 Å². The van der Waals surface area contributed by atoms with Crippen LogP contribution in [0, 0.1) is 0 Å². The van der Waals surface area contributed by atoms with Crippen molar-refractivity contribution in [2.24, 2.45) is 0 Å². The lowest BCUT2D eigenvalue weighted by Gasteiger charge is -2.36.